The van der Waals surface area contributed by atoms with Gasteiger partial charge in [-0.1, -0.05) is 244 Å². The highest BCUT2D eigenvalue weighted by Gasteiger charge is 2.45. The van der Waals surface area contributed by atoms with Crippen LogP contribution in [0.4, 0.5) is 0 Å². The first kappa shape index (κ1) is 44.0. The smallest absolute Gasteiger partial charge is 0.242 e. The lowest BCUT2D eigenvalue weighted by Crippen LogP contribution is -2.53. The number of nitrogens with zero attached hydrogens (tertiary/aromatic N) is 2. The van der Waals surface area contributed by atoms with E-state index >= 15 is 0 Å². The molecule has 0 saturated heterocycles. The Morgan fingerprint density at radius 3 is 1.05 bits per heavy atom. The zero-order valence-corrected chi connectivity index (χ0v) is 38.9. The second-order valence-corrected chi connectivity index (χ2v) is 18.5. The van der Waals surface area contributed by atoms with E-state index in [-0.39, 0.29) is 18.8 Å². The molecule has 0 aliphatic heterocycles. The number of unbranched alkanes of at least 4 members (excludes halogenated alkanes) is 6. The largest absolute Gasteiger partial charge is 0.253 e. The predicted molar refractivity (Wildman–Crippen MR) is 281 cm³/mol. The minimum atomic E-state index is -0.176. The van der Waals surface area contributed by atoms with Crippen LogP contribution >= 0.6 is 0 Å². The molecular weight excluding hydrogens is 782 g/mol. The van der Waals surface area contributed by atoms with Crippen molar-refractivity contribution < 1.29 is 0 Å². The second kappa shape index (κ2) is 20.3. The lowest BCUT2D eigenvalue weighted by molar-refractivity contribution is 0.401. The molecule has 0 fully saturated rings. The zero-order chi connectivity index (χ0) is 44.6. The number of aryl methyl sites for hydroxylation is 2. The van der Waals surface area contributed by atoms with E-state index in [1.807, 2.05) is 0 Å². The van der Waals surface area contributed by atoms with E-state index in [1.54, 1.807) is 0 Å². The molecule has 1 aliphatic rings. The quantitative estimate of drug-likeness (QED) is 0.0635. The van der Waals surface area contributed by atoms with Crippen LogP contribution in [0.3, 0.4) is 0 Å². The summed E-state index contributed by atoms with van der Waals surface area (Å²) in [7, 11) is 0. The first-order chi connectivity index (χ1) is 32.0. The Kier molecular flexibility index (Phi) is 13.7. The Labute approximate surface area is 389 Å². The fourth-order valence-corrected chi connectivity index (χ4v) is 11.0. The third-order valence-corrected chi connectivity index (χ3v) is 14.1. The molecule has 9 rings (SSSR count). The molecule has 4 heteroatoms. The Morgan fingerprint density at radius 2 is 0.723 bits per heavy atom. The number of benzene rings is 6. The molecule has 0 saturated carbocycles. The number of pyridine rings is 2. The van der Waals surface area contributed by atoms with Gasteiger partial charge in [0.2, 0.25) is 13.4 Å². The molecule has 6 aromatic carbocycles. The molecule has 2 nitrogen and oxygen atoms in total. The molecular formula is C61H62B2N2. The van der Waals surface area contributed by atoms with Crippen LogP contribution in [0.25, 0.3) is 33.6 Å². The minimum absolute atomic E-state index is 0.00388. The normalized spacial score (nSPS) is 12.4. The van der Waals surface area contributed by atoms with E-state index in [0.717, 1.165) is 35.6 Å². The Hall–Kier alpha value is -6.25. The van der Waals surface area contributed by atoms with Gasteiger partial charge in [-0.05, 0) is 96.5 Å². The SMILES string of the molecule is CCCCCCC1(CCCCCC)c2cc(-c3cccc(C)n3)c(B(c3ccccc3)c3ccccc3)cc2-c2cc(B(c3ccccc3)c3ccccc3)c(-c3cccc(C)n3)cc21. The predicted octanol–water partition coefficient (Wildman–Crippen LogP) is 11.7. The Balaban J connectivity index is 1.41. The van der Waals surface area contributed by atoms with Crippen LogP contribution in [0.15, 0.2) is 182 Å². The average Bonchev–Trinajstić information content (AvgIpc) is 3.60. The fourth-order valence-electron chi connectivity index (χ4n) is 11.0. The molecule has 322 valence electrons. The summed E-state index contributed by atoms with van der Waals surface area (Å²) < 4.78 is 0. The Bertz CT molecular complexity index is 2550. The molecule has 65 heavy (non-hydrogen) atoms. The standard InChI is InChI=1S/C61H62B2N2/c1-5-7-9-23-39-61(40-24-10-8-6-2)55-41-53(59-37-25-27-45(3)64-59)57(62(47-29-15-11-16-30-47)48-31-17-12-18-32-48)43-51(55)52-44-58(54(42-56(52)61)60-38-26-28-46(4)65-60)63(49-33-19-13-20-34-49)50-35-21-14-22-36-50/h11-22,25-38,41-44H,5-10,23-24,39-40H2,1-4H3. The average molecular weight is 845 g/mol. The van der Waals surface area contributed by atoms with Crippen molar-refractivity contribution in [1.29, 1.82) is 0 Å². The van der Waals surface area contributed by atoms with E-state index in [2.05, 4.69) is 210 Å². The number of fused-ring (bicyclic) bond motifs is 3. The second-order valence-electron chi connectivity index (χ2n) is 18.5. The molecule has 2 heterocycles. The summed E-state index contributed by atoms with van der Waals surface area (Å²) in [5.41, 5.74) is 19.9. The van der Waals surface area contributed by atoms with Gasteiger partial charge in [0.1, 0.15) is 0 Å². The van der Waals surface area contributed by atoms with Gasteiger partial charge in [0, 0.05) is 16.8 Å². The van der Waals surface area contributed by atoms with Crippen molar-refractivity contribution in [2.24, 2.45) is 0 Å². The molecule has 1 aliphatic carbocycles. The van der Waals surface area contributed by atoms with Crippen LogP contribution in [0.5, 0.6) is 0 Å². The van der Waals surface area contributed by atoms with Crippen LogP contribution in [0.1, 0.15) is 101 Å². The molecule has 0 bridgehead atoms. The van der Waals surface area contributed by atoms with Gasteiger partial charge in [0.25, 0.3) is 0 Å². The van der Waals surface area contributed by atoms with E-state index in [4.69, 9.17) is 9.97 Å². The van der Waals surface area contributed by atoms with Gasteiger partial charge >= 0.3 is 0 Å². The summed E-state index contributed by atoms with van der Waals surface area (Å²) >= 11 is 0. The summed E-state index contributed by atoms with van der Waals surface area (Å²) in [6.45, 7) is 8.92. The molecule has 0 atom stereocenters. The van der Waals surface area contributed by atoms with Crippen molar-refractivity contribution in [2.45, 2.75) is 97.3 Å². The van der Waals surface area contributed by atoms with Crippen molar-refractivity contribution in [3.63, 3.8) is 0 Å². The van der Waals surface area contributed by atoms with Crippen LogP contribution < -0.4 is 32.8 Å². The Morgan fingerprint density at radius 1 is 0.369 bits per heavy atom. The van der Waals surface area contributed by atoms with Crippen LogP contribution in [-0.2, 0) is 5.41 Å². The first-order valence-electron chi connectivity index (χ1n) is 24.4. The first-order valence-corrected chi connectivity index (χ1v) is 24.4. The van der Waals surface area contributed by atoms with E-state index in [1.165, 1.54) is 118 Å². The summed E-state index contributed by atoms with van der Waals surface area (Å²) in [5.74, 6) is 0. The van der Waals surface area contributed by atoms with Crippen LogP contribution in [0.2, 0.25) is 0 Å². The fraction of sp³-hybridized carbons (Fsp3) is 0.246. The molecule has 2 aromatic heterocycles. The van der Waals surface area contributed by atoms with E-state index in [9.17, 15) is 0 Å². The van der Waals surface area contributed by atoms with Gasteiger partial charge in [-0.15, -0.1) is 0 Å². The monoisotopic (exact) mass is 845 g/mol. The molecule has 0 radical (unpaired) electrons. The lowest BCUT2D eigenvalue weighted by Gasteiger charge is -2.34. The minimum Gasteiger partial charge on any atom is -0.253 e. The maximum atomic E-state index is 5.33. The van der Waals surface area contributed by atoms with Crippen LogP contribution in [-0.4, -0.2) is 23.4 Å². The summed E-state index contributed by atoms with van der Waals surface area (Å²) in [6.07, 6.45) is 12.0. The lowest BCUT2D eigenvalue weighted by atomic mass is 9.35. The number of rotatable bonds is 18. The van der Waals surface area contributed by atoms with Crippen LogP contribution in [0, 0.1) is 13.8 Å². The molecule has 8 aromatic rings. The topological polar surface area (TPSA) is 25.8 Å². The van der Waals surface area contributed by atoms with Gasteiger partial charge in [-0.25, -0.2) is 0 Å². The number of aromatic nitrogens is 2. The van der Waals surface area contributed by atoms with Crippen molar-refractivity contribution in [2.75, 3.05) is 0 Å². The van der Waals surface area contributed by atoms with Gasteiger partial charge in [-0.2, -0.15) is 0 Å². The summed E-state index contributed by atoms with van der Waals surface area (Å²) in [4.78, 5) is 10.7. The maximum absolute atomic E-state index is 5.33. The van der Waals surface area contributed by atoms with Gasteiger partial charge in [-0.3, -0.25) is 9.97 Å². The number of hydrogen-bond donors (Lipinski definition) is 0. The molecule has 0 amide bonds. The maximum Gasteiger partial charge on any atom is 0.242 e. The van der Waals surface area contributed by atoms with Crippen molar-refractivity contribution in [3.05, 3.63) is 205 Å². The summed E-state index contributed by atoms with van der Waals surface area (Å²) in [6, 6.07) is 68.1. The van der Waals surface area contributed by atoms with Crippen molar-refractivity contribution in [3.8, 4) is 33.6 Å². The molecule has 0 N–H and O–H groups in total. The highest BCUT2D eigenvalue weighted by molar-refractivity contribution is 6.97. The van der Waals surface area contributed by atoms with Gasteiger partial charge in [0.05, 0.1) is 11.4 Å². The van der Waals surface area contributed by atoms with Crippen molar-refractivity contribution in [1.82, 2.24) is 9.97 Å². The number of hydrogen-bond acceptors (Lipinski definition) is 2. The molecule has 0 unspecified atom stereocenters. The summed E-state index contributed by atoms with van der Waals surface area (Å²) in [5, 5.41) is 0. The zero-order valence-electron chi connectivity index (χ0n) is 38.9. The third kappa shape index (κ3) is 9.19. The van der Waals surface area contributed by atoms with E-state index < -0.39 is 0 Å². The van der Waals surface area contributed by atoms with Gasteiger partial charge in [0.15, 0.2) is 0 Å². The highest BCUT2D eigenvalue weighted by atomic mass is 14.7. The third-order valence-electron chi connectivity index (χ3n) is 14.1. The molecule has 0 spiro atoms. The highest BCUT2D eigenvalue weighted by Crippen LogP contribution is 2.55. The van der Waals surface area contributed by atoms with E-state index in [0.29, 0.717) is 0 Å². The van der Waals surface area contributed by atoms with Gasteiger partial charge < -0.3 is 0 Å². The van der Waals surface area contributed by atoms with Crippen molar-refractivity contribution >= 4 is 46.2 Å².